The average molecular weight is 546 g/mol. The van der Waals surface area contributed by atoms with E-state index in [0.717, 1.165) is 27.8 Å². The van der Waals surface area contributed by atoms with Gasteiger partial charge in [-0.15, -0.1) is 0 Å². The Morgan fingerprint density at radius 3 is 2.28 bits per heavy atom. The topological polar surface area (TPSA) is 77.0 Å². The Bertz CT molecular complexity index is 1080. The normalized spacial score (nSPS) is 26.7. The van der Waals surface area contributed by atoms with Crippen molar-refractivity contribution in [1.29, 1.82) is 0 Å². The van der Waals surface area contributed by atoms with Gasteiger partial charge in [0.2, 0.25) is 5.91 Å². The van der Waals surface area contributed by atoms with Crippen molar-refractivity contribution in [3.05, 3.63) is 57.7 Å². The number of nitrogens with zero attached hydrogens (tertiary/aromatic N) is 1. The Morgan fingerprint density at radius 1 is 1.00 bits per heavy atom. The molecule has 6 nitrogen and oxygen atoms in total. The average Bonchev–Trinajstić information content (AvgIpc) is 3.09. The summed E-state index contributed by atoms with van der Waals surface area (Å²) in [5.41, 5.74) is 0.693. The first-order chi connectivity index (χ1) is 15.1. The van der Waals surface area contributed by atoms with Crippen LogP contribution in [0.15, 0.2) is 53.7 Å². The lowest BCUT2D eigenvalue weighted by Gasteiger charge is -2.39. The van der Waals surface area contributed by atoms with Crippen molar-refractivity contribution in [2.75, 3.05) is 12.4 Å². The van der Waals surface area contributed by atoms with E-state index < -0.39 is 11.4 Å². The second kappa shape index (κ2) is 8.17. The summed E-state index contributed by atoms with van der Waals surface area (Å²) in [5, 5.41) is 7.40. The zero-order valence-corrected chi connectivity index (χ0v) is 20.9. The molecule has 1 N–H and O–H groups in total. The second-order valence-electron chi connectivity index (χ2n) is 9.32. The third-order valence-electron chi connectivity index (χ3n) is 7.83. The molecule has 2 unspecified atom stereocenters. The van der Waals surface area contributed by atoms with Gasteiger partial charge in [0.1, 0.15) is 5.75 Å². The van der Waals surface area contributed by atoms with Crippen molar-refractivity contribution >= 4 is 45.9 Å². The fraction of sp³-hybridized carbons (Fsp3) is 0.400. The molecule has 2 fully saturated rings. The fourth-order valence-corrected chi connectivity index (χ4v) is 5.54. The Hall–Kier alpha value is -2.42. The highest BCUT2D eigenvalue weighted by atomic mass is 127. The minimum atomic E-state index is -0.601. The molecule has 2 atom stereocenters. The van der Waals surface area contributed by atoms with E-state index in [2.05, 4.69) is 53.8 Å². The minimum Gasteiger partial charge on any atom is -0.497 e. The predicted octanol–water partition coefficient (Wildman–Crippen LogP) is 5.67. The van der Waals surface area contributed by atoms with Gasteiger partial charge < -0.3 is 14.9 Å². The highest BCUT2D eigenvalue weighted by molar-refractivity contribution is 14.1. The summed E-state index contributed by atoms with van der Waals surface area (Å²) >= 11 is 2.24. The molecule has 7 heteroatoms. The maximum absolute atomic E-state index is 13.5. The first kappa shape index (κ1) is 22.8. The van der Waals surface area contributed by atoms with Crippen LogP contribution in [0.3, 0.4) is 0 Å². The van der Waals surface area contributed by atoms with Crippen molar-refractivity contribution in [2.24, 2.45) is 21.4 Å². The van der Waals surface area contributed by atoms with Crippen LogP contribution in [-0.2, 0) is 9.63 Å². The molecule has 0 heterocycles. The number of rotatable bonds is 5. The summed E-state index contributed by atoms with van der Waals surface area (Å²) in [6.07, 6.45) is 2.07. The summed E-state index contributed by atoms with van der Waals surface area (Å²) < 4.78 is 6.24. The van der Waals surface area contributed by atoms with Crippen LogP contribution in [0.2, 0.25) is 0 Å². The summed E-state index contributed by atoms with van der Waals surface area (Å²) in [5.74, 6) is 0.136. The number of fused-ring (bicyclic) bond motifs is 2. The molecule has 2 bridgehead atoms. The van der Waals surface area contributed by atoms with Crippen molar-refractivity contribution in [3.8, 4) is 5.75 Å². The van der Waals surface area contributed by atoms with E-state index in [1.165, 1.54) is 0 Å². The second-order valence-corrected chi connectivity index (χ2v) is 10.6. The number of hydrogen-bond donors (Lipinski definition) is 1. The smallest absolute Gasteiger partial charge is 0.365 e. The van der Waals surface area contributed by atoms with Gasteiger partial charge in [-0.05, 0) is 89.4 Å². The molecule has 4 rings (SSSR count). The Kier molecular flexibility index (Phi) is 5.81. The van der Waals surface area contributed by atoms with Gasteiger partial charge in [-0.3, -0.25) is 4.79 Å². The van der Waals surface area contributed by atoms with Crippen LogP contribution in [0, 0.1) is 19.8 Å². The Labute approximate surface area is 201 Å². The minimum absolute atomic E-state index is 0.000820. The SMILES string of the molecule is COc1ccc(C(=O)O/N=C2\CC3(C(=O)Nc4ccc(I)cc4)CCC2(C)C3(C)C)cc1. The van der Waals surface area contributed by atoms with Crippen LogP contribution >= 0.6 is 22.6 Å². The van der Waals surface area contributed by atoms with Gasteiger partial charge in [0, 0.05) is 21.1 Å². The van der Waals surface area contributed by atoms with Crippen LogP contribution < -0.4 is 10.1 Å². The van der Waals surface area contributed by atoms with Crippen LogP contribution in [0.5, 0.6) is 5.75 Å². The Balaban J connectivity index is 1.55. The number of benzene rings is 2. The number of amides is 1. The number of ether oxygens (including phenoxy) is 1. The van der Waals surface area contributed by atoms with Gasteiger partial charge >= 0.3 is 5.97 Å². The van der Waals surface area contributed by atoms with Gasteiger partial charge in [-0.2, -0.15) is 0 Å². The van der Waals surface area contributed by atoms with E-state index in [-0.39, 0.29) is 16.7 Å². The molecule has 0 aliphatic heterocycles. The van der Waals surface area contributed by atoms with Crippen molar-refractivity contribution in [3.63, 3.8) is 0 Å². The maximum Gasteiger partial charge on any atom is 0.365 e. The lowest BCUT2D eigenvalue weighted by Crippen LogP contribution is -2.43. The fourth-order valence-electron chi connectivity index (χ4n) is 5.18. The molecule has 2 aliphatic rings. The van der Waals surface area contributed by atoms with E-state index >= 15 is 0 Å². The Morgan fingerprint density at radius 2 is 1.66 bits per heavy atom. The zero-order chi connectivity index (χ0) is 23.1. The summed E-state index contributed by atoms with van der Waals surface area (Å²) in [4.78, 5) is 31.3. The number of halogens is 1. The standard InChI is InChI=1S/C25H27IN2O4/c1-23(2)24(3)13-14-25(23,22(30)27-18-9-7-17(26)8-10-18)15-20(24)28-32-21(29)16-5-11-19(31-4)12-6-16/h5-12H,13-15H2,1-4H3,(H,27,30)/b28-20+. The molecule has 2 aliphatic carbocycles. The number of hydrogen-bond acceptors (Lipinski definition) is 5. The monoisotopic (exact) mass is 546 g/mol. The van der Waals surface area contributed by atoms with Gasteiger partial charge in [0.25, 0.3) is 0 Å². The summed E-state index contributed by atoms with van der Waals surface area (Å²) in [6.45, 7) is 6.38. The van der Waals surface area contributed by atoms with E-state index in [0.29, 0.717) is 17.7 Å². The van der Waals surface area contributed by atoms with Gasteiger partial charge in [0.05, 0.1) is 23.8 Å². The molecular formula is C25H27IN2O4. The predicted molar refractivity (Wildman–Crippen MR) is 132 cm³/mol. The number of methoxy groups -OCH3 is 1. The van der Waals surface area contributed by atoms with Crippen molar-refractivity contribution in [1.82, 2.24) is 0 Å². The highest BCUT2D eigenvalue weighted by Crippen LogP contribution is 2.71. The first-order valence-electron chi connectivity index (χ1n) is 10.6. The largest absolute Gasteiger partial charge is 0.497 e. The molecule has 1 amide bonds. The molecule has 0 saturated heterocycles. The van der Waals surface area contributed by atoms with E-state index in [9.17, 15) is 9.59 Å². The molecule has 0 radical (unpaired) electrons. The van der Waals surface area contributed by atoms with Crippen LogP contribution in [0.25, 0.3) is 0 Å². The van der Waals surface area contributed by atoms with Gasteiger partial charge in [0.15, 0.2) is 0 Å². The maximum atomic E-state index is 13.5. The molecule has 2 saturated carbocycles. The zero-order valence-electron chi connectivity index (χ0n) is 18.7. The summed E-state index contributed by atoms with van der Waals surface area (Å²) in [6, 6.07) is 14.5. The molecule has 2 aromatic carbocycles. The quantitative estimate of drug-likeness (QED) is 0.298. The number of carbonyl (C=O) groups is 2. The third kappa shape index (κ3) is 3.50. The van der Waals surface area contributed by atoms with E-state index in [4.69, 9.17) is 9.57 Å². The number of nitrogens with one attached hydrogen (secondary N) is 1. The van der Waals surface area contributed by atoms with Crippen LogP contribution in [0.4, 0.5) is 5.69 Å². The van der Waals surface area contributed by atoms with E-state index in [1.54, 1.807) is 31.4 Å². The molecule has 2 aromatic rings. The molecule has 32 heavy (non-hydrogen) atoms. The first-order valence-corrected chi connectivity index (χ1v) is 11.7. The molecule has 0 aromatic heterocycles. The molecular weight excluding hydrogens is 519 g/mol. The number of oxime groups is 1. The van der Waals surface area contributed by atoms with Crippen molar-refractivity contribution < 1.29 is 19.2 Å². The van der Waals surface area contributed by atoms with Crippen molar-refractivity contribution in [2.45, 2.75) is 40.0 Å². The molecule has 0 spiro atoms. The molecule has 168 valence electrons. The van der Waals surface area contributed by atoms with Crippen LogP contribution in [-0.4, -0.2) is 24.7 Å². The van der Waals surface area contributed by atoms with Gasteiger partial charge in [-0.25, -0.2) is 4.79 Å². The lowest BCUT2D eigenvalue weighted by atomic mass is 9.64. The third-order valence-corrected chi connectivity index (χ3v) is 8.55. The number of carbonyl (C=O) groups excluding carboxylic acids is 2. The number of anilines is 1. The van der Waals surface area contributed by atoms with E-state index in [1.807, 2.05) is 24.3 Å². The lowest BCUT2D eigenvalue weighted by molar-refractivity contribution is -0.130. The van der Waals surface area contributed by atoms with Gasteiger partial charge in [-0.1, -0.05) is 25.9 Å². The van der Waals surface area contributed by atoms with Crippen LogP contribution in [0.1, 0.15) is 50.4 Å². The summed E-state index contributed by atoms with van der Waals surface area (Å²) in [7, 11) is 1.57. The highest BCUT2D eigenvalue weighted by Gasteiger charge is 2.71.